The quantitative estimate of drug-likeness (QED) is 0.847. The van der Waals surface area contributed by atoms with Crippen LogP contribution in [0.2, 0.25) is 5.02 Å². The fourth-order valence-electron chi connectivity index (χ4n) is 2.75. The summed E-state index contributed by atoms with van der Waals surface area (Å²) in [5, 5.41) is 0.350. The molecular weight excluding hydrogens is 338 g/mol. The van der Waals surface area contributed by atoms with Crippen LogP contribution < -0.4 is 0 Å². The largest absolute Gasteiger partial charge is 0.467 e. The predicted molar refractivity (Wildman–Crippen MR) is 87.1 cm³/mol. The molecule has 1 aliphatic rings. The van der Waals surface area contributed by atoms with Crippen LogP contribution in [0.1, 0.15) is 22.5 Å². The van der Waals surface area contributed by atoms with E-state index in [4.69, 9.17) is 16.0 Å². The lowest BCUT2D eigenvalue weighted by atomic mass is 10.1. The van der Waals surface area contributed by atoms with E-state index in [0.29, 0.717) is 22.8 Å². The van der Waals surface area contributed by atoms with Crippen LogP contribution in [0.15, 0.2) is 47.1 Å². The van der Waals surface area contributed by atoms with Crippen LogP contribution in [-0.4, -0.2) is 36.8 Å². The van der Waals surface area contributed by atoms with Gasteiger partial charge in [0.25, 0.3) is 5.91 Å². The summed E-state index contributed by atoms with van der Waals surface area (Å²) in [6, 6.07) is 9.89. The third kappa shape index (κ3) is 3.59. The van der Waals surface area contributed by atoms with Crippen molar-refractivity contribution in [1.29, 1.82) is 0 Å². The smallest absolute Gasteiger partial charge is 0.256 e. The Kier molecular flexibility index (Phi) is 4.46. The molecule has 1 atom stereocenters. The molecule has 0 spiro atoms. The van der Waals surface area contributed by atoms with Crippen molar-refractivity contribution in [2.45, 2.75) is 19.0 Å². The van der Waals surface area contributed by atoms with Crippen LogP contribution in [0.4, 0.5) is 0 Å². The molecule has 5 nitrogen and oxygen atoms in total. The highest BCUT2D eigenvalue weighted by atomic mass is 35.5. The second-order valence-electron chi connectivity index (χ2n) is 5.55. The molecule has 1 fully saturated rings. The van der Waals surface area contributed by atoms with Crippen LogP contribution in [0, 0.1) is 0 Å². The van der Waals surface area contributed by atoms with Gasteiger partial charge < -0.3 is 9.32 Å². The Morgan fingerprint density at radius 1 is 1.26 bits per heavy atom. The van der Waals surface area contributed by atoms with E-state index in [-0.39, 0.29) is 30.0 Å². The fourth-order valence-corrected chi connectivity index (χ4v) is 4.69. The van der Waals surface area contributed by atoms with E-state index in [1.165, 1.54) is 6.26 Å². The third-order valence-electron chi connectivity index (χ3n) is 3.92. The number of hydrogen-bond acceptors (Lipinski definition) is 4. The lowest BCUT2D eigenvalue weighted by molar-refractivity contribution is 0.0666. The Balaban J connectivity index is 1.91. The third-order valence-corrected chi connectivity index (χ3v) is 6.00. The number of nitrogens with zero attached hydrogens (tertiary/aromatic N) is 1. The van der Waals surface area contributed by atoms with Gasteiger partial charge in [0.05, 0.1) is 34.9 Å². The van der Waals surface area contributed by atoms with Gasteiger partial charge >= 0.3 is 0 Å². The van der Waals surface area contributed by atoms with Crippen molar-refractivity contribution >= 4 is 27.3 Å². The highest BCUT2D eigenvalue weighted by Crippen LogP contribution is 2.25. The number of carbonyl (C=O) groups is 1. The first kappa shape index (κ1) is 16.1. The van der Waals surface area contributed by atoms with Gasteiger partial charge in [-0.25, -0.2) is 8.42 Å². The predicted octanol–water partition coefficient (Wildman–Crippen LogP) is 2.76. The van der Waals surface area contributed by atoms with E-state index in [2.05, 4.69) is 0 Å². The zero-order chi connectivity index (χ0) is 16.4. The Hall–Kier alpha value is -1.79. The molecular formula is C16H16ClNO4S. The maximum atomic E-state index is 12.9. The molecule has 7 heteroatoms. The first-order valence-corrected chi connectivity index (χ1v) is 9.44. The molecule has 1 saturated heterocycles. The molecule has 122 valence electrons. The Bertz CT molecular complexity index is 801. The first-order chi connectivity index (χ1) is 11.0. The van der Waals surface area contributed by atoms with Crippen molar-refractivity contribution < 1.29 is 17.6 Å². The van der Waals surface area contributed by atoms with E-state index >= 15 is 0 Å². The van der Waals surface area contributed by atoms with Gasteiger partial charge in [-0.3, -0.25) is 4.79 Å². The number of benzene rings is 1. The molecule has 0 radical (unpaired) electrons. The summed E-state index contributed by atoms with van der Waals surface area (Å²) in [5.41, 5.74) is 0.366. The molecule has 0 saturated carbocycles. The van der Waals surface area contributed by atoms with Crippen LogP contribution in [0.3, 0.4) is 0 Å². The van der Waals surface area contributed by atoms with Crippen molar-refractivity contribution in [2.75, 3.05) is 11.5 Å². The molecule has 1 amide bonds. The minimum Gasteiger partial charge on any atom is -0.467 e. The summed E-state index contributed by atoms with van der Waals surface area (Å²) in [4.78, 5) is 14.4. The maximum Gasteiger partial charge on any atom is 0.256 e. The molecule has 2 heterocycles. The number of hydrogen-bond donors (Lipinski definition) is 0. The van der Waals surface area contributed by atoms with Gasteiger partial charge in [0, 0.05) is 6.04 Å². The molecule has 23 heavy (non-hydrogen) atoms. The van der Waals surface area contributed by atoms with Crippen molar-refractivity contribution in [1.82, 2.24) is 4.90 Å². The van der Waals surface area contributed by atoms with Gasteiger partial charge in [-0.2, -0.15) is 0 Å². The van der Waals surface area contributed by atoms with E-state index in [0.717, 1.165) is 0 Å². The SMILES string of the molecule is O=C(c1ccccc1Cl)N(Cc1ccco1)[C@@H]1CCS(=O)(=O)C1. The summed E-state index contributed by atoms with van der Waals surface area (Å²) < 4.78 is 28.9. The second kappa shape index (κ2) is 6.37. The molecule has 2 aromatic rings. The summed E-state index contributed by atoms with van der Waals surface area (Å²) in [6.07, 6.45) is 1.96. The highest BCUT2D eigenvalue weighted by molar-refractivity contribution is 7.91. The first-order valence-electron chi connectivity index (χ1n) is 7.24. The van der Waals surface area contributed by atoms with Crippen LogP contribution in [0.5, 0.6) is 0 Å². The van der Waals surface area contributed by atoms with Crippen LogP contribution >= 0.6 is 11.6 Å². The topological polar surface area (TPSA) is 67.6 Å². The van der Waals surface area contributed by atoms with Gasteiger partial charge in [0.15, 0.2) is 9.84 Å². The molecule has 0 aliphatic carbocycles. The normalized spacial score (nSPS) is 19.6. The summed E-state index contributed by atoms with van der Waals surface area (Å²) >= 11 is 6.12. The number of carbonyl (C=O) groups excluding carboxylic acids is 1. The average Bonchev–Trinajstić information content (AvgIpc) is 3.14. The molecule has 3 rings (SSSR count). The number of sulfone groups is 1. The average molecular weight is 354 g/mol. The molecule has 0 N–H and O–H groups in total. The standard InChI is InChI=1S/C16H16ClNO4S/c17-15-6-2-1-5-14(15)16(19)18(10-13-4-3-8-22-13)12-7-9-23(20,21)11-12/h1-6,8,12H,7,9-11H2/t12-/m1/s1. The lowest BCUT2D eigenvalue weighted by Crippen LogP contribution is -2.40. The van der Waals surface area contributed by atoms with E-state index in [1.54, 1.807) is 41.3 Å². The summed E-state index contributed by atoms with van der Waals surface area (Å²) in [6.45, 7) is 0.219. The Labute approximate surface area is 139 Å². The molecule has 1 aliphatic heterocycles. The van der Waals surface area contributed by atoms with Gasteiger partial charge in [-0.1, -0.05) is 23.7 Å². The highest BCUT2D eigenvalue weighted by Gasteiger charge is 2.35. The molecule has 1 aromatic carbocycles. The summed E-state index contributed by atoms with van der Waals surface area (Å²) in [7, 11) is -3.10. The molecule has 0 bridgehead atoms. The number of rotatable bonds is 4. The maximum absolute atomic E-state index is 12.9. The fraction of sp³-hybridized carbons (Fsp3) is 0.312. The monoisotopic (exact) mass is 353 g/mol. The van der Waals surface area contributed by atoms with Gasteiger partial charge in [-0.15, -0.1) is 0 Å². The van der Waals surface area contributed by atoms with Crippen molar-refractivity contribution in [3.05, 3.63) is 59.0 Å². The van der Waals surface area contributed by atoms with Crippen LogP contribution in [-0.2, 0) is 16.4 Å². The zero-order valence-electron chi connectivity index (χ0n) is 12.3. The Morgan fingerprint density at radius 2 is 2.04 bits per heavy atom. The minimum absolute atomic E-state index is 0.0239. The van der Waals surface area contributed by atoms with Gasteiger partial charge in [0.2, 0.25) is 0 Å². The second-order valence-corrected chi connectivity index (χ2v) is 8.19. The zero-order valence-corrected chi connectivity index (χ0v) is 13.9. The van der Waals surface area contributed by atoms with Crippen molar-refractivity contribution in [3.63, 3.8) is 0 Å². The Morgan fingerprint density at radius 3 is 2.65 bits per heavy atom. The number of halogens is 1. The minimum atomic E-state index is -3.10. The molecule has 1 aromatic heterocycles. The van der Waals surface area contributed by atoms with E-state index in [1.807, 2.05) is 0 Å². The van der Waals surface area contributed by atoms with Gasteiger partial charge in [-0.05, 0) is 30.7 Å². The number of furan rings is 1. The van der Waals surface area contributed by atoms with Crippen molar-refractivity contribution in [3.8, 4) is 0 Å². The van der Waals surface area contributed by atoms with Crippen LogP contribution in [0.25, 0.3) is 0 Å². The van der Waals surface area contributed by atoms with Crippen molar-refractivity contribution in [2.24, 2.45) is 0 Å². The lowest BCUT2D eigenvalue weighted by Gasteiger charge is -2.27. The molecule has 0 unspecified atom stereocenters. The van der Waals surface area contributed by atoms with E-state index < -0.39 is 9.84 Å². The van der Waals surface area contributed by atoms with E-state index in [9.17, 15) is 13.2 Å². The van der Waals surface area contributed by atoms with Gasteiger partial charge in [0.1, 0.15) is 5.76 Å². The number of amides is 1. The summed E-state index contributed by atoms with van der Waals surface area (Å²) in [5.74, 6) is 0.398.